The van der Waals surface area contributed by atoms with Crippen LogP contribution < -0.4 is 19.1 Å². The van der Waals surface area contributed by atoms with Crippen molar-refractivity contribution in [2.45, 2.75) is 62.6 Å². The van der Waals surface area contributed by atoms with Crippen LogP contribution in [0.2, 0.25) is 10.0 Å². The molecule has 0 saturated heterocycles. The third kappa shape index (κ3) is 8.16. The molecule has 0 aliphatic heterocycles. The molecular formula is C32H37Cl2N3O6S. The first-order valence-electron chi connectivity index (χ1n) is 14.4. The molecule has 44 heavy (non-hydrogen) atoms. The highest BCUT2D eigenvalue weighted by molar-refractivity contribution is 7.92. The Bertz CT molecular complexity index is 1560. The number of carbonyl (C=O) groups excluding carboxylic acids is 2. The Balaban J connectivity index is 1.70. The number of sulfonamides is 1. The number of halogens is 2. The lowest BCUT2D eigenvalue weighted by Gasteiger charge is -2.33. The van der Waals surface area contributed by atoms with E-state index < -0.39 is 28.5 Å². The SMILES string of the molecule is COc1ccc(S(=O)(=O)N(CC(=O)N(Cc2cccc(Cl)c2)[C@@H](C)C(=O)NC2CCCCC2)c2ccc(Cl)cc2)cc1OC. The summed E-state index contributed by atoms with van der Waals surface area (Å²) in [5.41, 5.74) is 0.920. The van der Waals surface area contributed by atoms with Gasteiger partial charge in [0.1, 0.15) is 12.6 Å². The Hall–Kier alpha value is -3.47. The highest BCUT2D eigenvalue weighted by Crippen LogP contribution is 2.33. The molecule has 12 heteroatoms. The Morgan fingerprint density at radius 2 is 1.59 bits per heavy atom. The van der Waals surface area contributed by atoms with Crippen LogP contribution in [0.4, 0.5) is 5.69 Å². The molecule has 1 fully saturated rings. The van der Waals surface area contributed by atoms with E-state index >= 15 is 0 Å². The summed E-state index contributed by atoms with van der Waals surface area (Å²) >= 11 is 12.3. The summed E-state index contributed by atoms with van der Waals surface area (Å²) in [6, 6.07) is 16.5. The van der Waals surface area contributed by atoms with Crippen LogP contribution in [-0.4, -0.2) is 58.0 Å². The number of amides is 2. The van der Waals surface area contributed by atoms with Gasteiger partial charge in [-0.3, -0.25) is 13.9 Å². The summed E-state index contributed by atoms with van der Waals surface area (Å²) < 4.78 is 39.9. The molecule has 4 rings (SSSR count). The van der Waals surface area contributed by atoms with Crippen LogP contribution in [0.5, 0.6) is 11.5 Å². The molecule has 0 heterocycles. The van der Waals surface area contributed by atoms with E-state index in [1.807, 2.05) is 0 Å². The predicted octanol–water partition coefficient (Wildman–Crippen LogP) is 6.07. The summed E-state index contributed by atoms with van der Waals surface area (Å²) in [5.74, 6) is -0.305. The number of methoxy groups -OCH3 is 2. The van der Waals surface area contributed by atoms with Crippen molar-refractivity contribution in [1.29, 1.82) is 0 Å². The molecule has 1 aliphatic carbocycles. The maximum atomic E-state index is 14.2. The normalized spacial score (nSPS) is 14.4. The molecule has 1 saturated carbocycles. The molecular weight excluding hydrogens is 625 g/mol. The minimum Gasteiger partial charge on any atom is -0.493 e. The number of rotatable bonds is 12. The average molecular weight is 663 g/mol. The second-order valence-corrected chi connectivity index (χ2v) is 13.4. The monoisotopic (exact) mass is 661 g/mol. The molecule has 0 spiro atoms. The zero-order valence-electron chi connectivity index (χ0n) is 25.0. The molecule has 1 N–H and O–H groups in total. The molecule has 0 aromatic heterocycles. The predicted molar refractivity (Wildman–Crippen MR) is 172 cm³/mol. The molecule has 236 valence electrons. The van der Waals surface area contributed by atoms with Crippen molar-refractivity contribution in [3.63, 3.8) is 0 Å². The highest BCUT2D eigenvalue weighted by atomic mass is 35.5. The second kappa shape index (κ2) is 15.0. The Labute approximate surface area is 269 Å². The fourth-order valence-electron chi connectivity index (χ4n) is 5.22. The first-order valence-corrected chi connectivity index (χ1v) is 16.6. The minimum absolute atomic E-state index is 0.0396. The van der Waals surface area contributed by atoms with Crippen molar-refractivity contribution in [2.75, 3.05) is 25.1 Å². The van der Waals surface area contributed by atoms with Crippen molar-refractivity contribution in [3.8, 4) is 11.5 Å². The first-order chi connectivity index (χ1) is 21.0. The molecule has 0 bridgehead atoms. The van der Waals surface area contributed by atoms with E-state index in [-0.39, 0.29) is 34.8 Å². The van der Waals surface area contributed by atoms with E-state index in [0.29, 0.717) is 21.4 Å². The lowest BCUT2D eigenvalue weighted by Crippen LogP contribution is -2.53. The number of hydrogen-bond donors (Lipinski definition) is 1. The van der Waals surface area contributed by atoms with E-state index in [1.54, 1.807) is 43.3 Å². The number of benzene rings is 3. The minimum atomic E-state index is -4.32. The van der Waals surface area contributed by atoms with E-state index in [0.717, 1.165) is 36.4 Å². The number of carbonyl (C=O) groups is 2. The standard InChI is InChI=1S/C32H37Cl2N3O6S/c1-22(32(39)35-26-10-5-4-6-11-26)36(20-23-8-7-9-25(34)18-23)31(38)21-37(27-14-12-24(33)13-15-27)44(40,41)28-16-17-29(42-2)30(19-28)43-3/h7-9,12-19,22,26H,4-6,10-11,20-21H2,1-3H3,(H,35,39)/t22-/m0/s1. The van der Waals surface area contributed by atoms with Crippen LogP contribution in [0.1, 0.15) is 44.6 Å². The van der Waals surface area contributed by atoms with Crippen LogP contribution >= 0.6 is 23.2 Å². The first kappa shape index (κ1) is 33.4. The van der Waals surface area contributed by atoms with Gasteiger partial charge >= 0.3 is 0 Å². The summed E-state index contributed by atoms with van der Waals surface area (Å²) in [5, 5.41) is 3.97. The third-order valence-corrected chi connectivity index (χ3v) is 9.95. The van der Waals surface area contributed by atoms with Crippen LogP contribution in [-0.2, 0) is 26.2 Å². The molecule has 0 radical (unpaired) electrons. The molecule has 3 aromatic carbocycles. The summed E-state index contributed by atoms with van der Waals surface area (Å²) in [6.07, 6.45) is 4.97. The van der Waals surface area contributed by atoms with Crippen LogP contribution in [0.3, 0.4) is 0 Å². The van der Waals surface area contributed by atoms with Gasteiger partial charge in [-0.15, -0.1) is 0 Å². The van der Waals surface area contributed by atoms with Gasteiger partial charge in [0.15, 0.2) is 11.5 Å². The maximum absolute atomic E-state index is 14.2. The fraction of sp³-hybridized carbons (Fsp3) is 0.375. The van der Waals surface area contributed by atoms with Crippen LogP contribution in [0.25, 0.3) is 0 Å². The summed E-state index contributed by atoms with van der Waals surface area (Å²) in [6.45, 7) is 1.11. The summed E-state index contributed by atoms with van der Waals surface area (Å²) in [7, 11) is -1.46. The van der Waals surface area contributed by atoms with Crippen molar-refractivity contribution in [2.24, 2.45) is 0 Å². The van der Waals surface area contributed by atoms with E-state index in [9.17, 15) is 18.0 Å². The molecule has 1 aliphatic rings. The Morgan fingerprint density at radius 1 is 0.909 bits per heavy atom. The summed E-state index contributed by atoms with van der Waals surface area (Å²) in [4.78, 5) is 28.9. The van der Waals surface area contributed by atoms with E-state index in [2.05, 4.69) is 5.32 Å². The Kier molecular flexibility index (Phi) is 11.4. The molecule has 0 unspecified atom stereocenters. The average Bonchev–Trinajstić information content (AvgIpc) is 3.02. The van der Waals surface area contributed by atoms with Gasteiger partial charge in [-0.1, -0.05) is 54.6 Å². The molecule has 3 aromatic rings. The van der Waals surface area contributed by atoms with E-state index in [1.165, 1.54) is 49.5 Å². The number of nitrogens with zero attached hydrogens (tertiary/aromatic N) is 2. The molecule has 1 atom stereocenters. The lowest BCUT2D eigenvalue weighted by molar-refractivity contribution is -0.139. The van der Waals surface area contributed by atoms with Gasteiger partial charge in [-0.2, -0.15) is 0 Å². The van der Waals surface area contributed by atoms with Crippen molar-refractivity contribution in [1.82, 2.24) is 10.2 Å². The van der Waals surface area contributed by atoms with E-state index in [4.69, 9.17) is 32.7 Å². The highest BCUT2D eigenvalue weighted by Gasteiger charge is 2.33. The third-order valence-electron chi connectivity index (χ3n) is 7.70. The fourth-order valence-corrected chi connectivity index (χ4v) is 6.99. The maximum Gasteiger partial charge on any atom is 0.264 e. The van der Waals surface area contributed by atoms with Gasteiger partial charge in [0, 0.05) is 28.7 Å². The zero-order chi connectivity index (χ0) is 31.9. The molecule has 9 nitrogen and oxygen atoms in total. The smallest absolute Gasteiger partial charge is 0.264 e. The van der Waals surface area contributed by atoms with Crippen LogP contribution in [0.15, 0.2) is 71.6 Å². The topological polar surface area (TPSA) is 105 Å². The largest absolute Gasteiger partial charge is 0.493 e. The molecule has 2 amide bonds. The zero-order valence-corrected chi connectivity index (χ0v) is 27.3. The quantitative estimate of drug-likeness (QED) is 0.253. The van der Waals surface area contributed by atoms with Gasteiger partial charge in [0.2, 0.25) is 11.8 Å². The van der Waals surface area contributed by atoms with Gasteiger partial charge in [-0.25, -0.2) is 8.42 Å². The van der Waals surface area contributed by atoms with Gasteiger partial charge < -0.3 is 19.7 Å². The van der Waals surface area contributed by atoms with Crippen molar-refractivity contribution < 1.29 is 27.5 Å². The van der Waals surface area contributed by atoms with Crippen molar-refractivity contribution >= 4 is 50.7 Å². The van der Waals surface area contributed by atoms with Gasteiger partial charge in [0.25, 0.3) is 10.0 Å². The number of anilines is 1. The van der Waals surface area contributed by atoms with Gasteiger partial charge in [0.05, 0.1) is 24.8 Å². The number of nitrogens with one attached hydrogen (secondary N) is 1. The van der Waals surface area contributed by atoms with Crippen molar-refractivity contribution in [3.05, 3.63) is 82.3 Å². The number of hydrogen-bond acceptors (Lipinski definition) is 6. The van der Waals surface area contributed by atoms with Gasteiger partial charge in [-0.05, 0) is 73.9 Å². The van der Waals surface area contributed by atoms with Crippen LogP contribution in [0, 0.1) is 0 Å². The lowest BCUT2D eigenvalue weighted by atomic mass is 9.95. The second-order valence-electron chi connectivity index (χ2n) is 10.7. The number of ether oxygens (including phenoxy) is 2. The Morgan fingerprint density at radius 3 is 2.23 bits per heavy atom.